The molecule has 7 heteroatoms. The number of aliphatic hydroxyl groups excluding tert-OH is 1. The van der Waals surface area contributed by atoms with Gasteiger partial charge in [-0.25, -0.2) is 4.98 Å². The predicted octanol–water partition coefficient (Wildman–Crippen LogP) is 0.145. The van der Waals surface area contributed by atoms with Crippen LogP contribution in [0.2, 0.25) is 0 Å². The van der Waals surface area contributed by atoms with Crippen LogP contribution in [0.15, 0.2) is 18.3 Å². The maximum atomic E-state index is 10.6. The molecule has 0 aliphatic heterocycles. The number of rotatable bonds is 5. The Labute approximate surface area is 91.9 Å². The number of aliphatic hydroxyl groups is 2. The standard InChI is InChI=1S/C9H13N3O4/c1-9(14,6-13)5-11-8-7(12(15)16)3-2-4-10-8/h2-4,13-14H,5-6H2,1H3,(H,10,11). The maximum Gasteiger partial charge on any atom is 0.311 e. The third kappa shape index (κ3) is 3.14. The fourth-order valence-electron chi connectivity index (χ4n) is 1.01. The Morgan fingerprint density at radius 2 is 2.38 bits per heavy atom. The molecular weight excluding hydrogens is 214 g/mol. The second-order valence-corrected chi connectivity index (χ2v) is 3.64. The zero-order valence-corrected chi connectivity index (χ0v) is 8.75. The number of aromatic nitrogens is 1. The zero-order chi connectivity index (χ0) is 12.2. The van der Waals surface area contributed by atoms with Crippen LogP contribution in [0.25, 0.3) is 0 Å². The van der Waals surface area contributed by atoms with Crippen LogP contribution in [-0.2, 0) is 0 Å². The molecule has 1 heterocycles. The van der Waals surface area contributed by atoms with Crippen LogP contribution in [0.4, 0.5) is 11.5 Å². The number of anilines is 1. The van der Waals surface area contributed by atoms with Gasteiger partial charge in [0.25, 0.3) is 0 Å². The molecule has 0 bridgehead atoms. The number of pyridine rings is 1. The summed E-state index contributed by atoms with van der Waals surface area (Å²) in [5, 5.41) is 31.6. The molecule has 1 atom stereocenters. The van der Waals surface area contributed by atoms with Gasteiger partial charge < -0.3 is 15.5 Å². The SMILES string of the molecule is CC(O)(CO)CNc1ncccc1[N+](=O)[O-]. The average molecular weight is 227 g/mol. The number of nitrogens with one attached hydrogen (secondary N) is 1. The van der Waals surface area contributed by atoms with E-state index < -0.39 is 17.1 Å². The monoisotopic (exact) mass is 227 g/mol. The highest BCUT2D eigenvalue weighted by atomic mass is 16.6. The van der Waals surface area contributed by atoms with E-state index in [1.54, 1.807) is 0 Å². The van der Waals surface area contributed by atoms with Crippen LogP contribution < -0.4 is 5.32 Å². The molecule has 3 N–H and O–H groups in total. The van der Waals surface area contributed by atoms with Gasteiger partial charge in [-0.15, -0.1) is 0 Å². The highest BCUT2D eigenvalue weighted by Crippen LogP contribution is 2.20. The second kappa shape index (κ2) is 4.86. The van der Waals surface area contributed by atoms with E-state index in [1.807, 2.05) is 0 Å². The van der Waals surface area contributed by atoms with Crippen molar-refractivity contribution in [3.63, 3.8) is 0 Å². The van der Waals surface area contributed by atoms with Crippen LogP contribution in [0, 0.1) is 10.1 Å². The third-order valence-electron chi connectivity index (χ3n) is 1.96. The highest BCUT2D eigenvalue weighted by Gasteiger charge is 2.21. The fourth-order valence-corrected chi connectivity index (χ4v) is 1.01. The molecule has 0 saturated heterocycles. The molecule has 0 radical (unpaired) electrons. The molecule has 0 saturated carbocycles. The van der Waals surface area contributed by atoms with E-state index in [0.717, 1.165) is 0 Å². The van der Waals surface area contributed by atoms with E-state index in [0.29, 0.717) is 0 Å². The first-order valence-corrected chi connectivity index (χ1v) is 4.63. The fraction of sp³-hybridized carbons (Fsp3) is 0.444. The van der Waals surface area contributed by atoms with Gasteiger partial charge in [0.15, 0.2) is 0 Å². The van der Waals surface area contributed by atoms with Crippen molar-refractivity contribution < 1.29 is 15.1 Å². The molecule has 0 aliphatic rings. The first-order valence-electron chi connectivity index (χ1n) is 4.63. The smallest absolute Gasteiger partial charge is 0.311 e. The van der Waals surface area contributed by atoms with Gasteiger partial charge in [-0.1, -0.05) is 0 Å². The lowest BCUT2D eigenvalue weighted by Gasteiger charge is -2.20. The summed E-state index contributed by atoms with van der Waals surface area (Å²) >= 11 is 0. The molecule has 0 spiro atoms. The largest absolute Gasteiger partial charge is 0.393 e. The van der Waals surface area contributed by atoms with E-state index in [-0.39, 0.29) is 18.1 Å². The summed E-state index contributed by atoms with van der Waals surface area (Å²) in [5.74, 6) is 0.0706. The molecule has 0 aliphatic carbocycles. The van der Waals surface area contributed by atoms with Crippen molar-refractivity contribution in [2.24, 2.45) is 0 Å². The first-order chi connectivity index (χ1) is 7.46. The van der Waals surface area contributed by atoms with Gasteiger partial charge in [0.05, 0.1) is 11.5 Å². The number of hydrogen-bond acceptors (Lipinski definition) is 6. The number of nitro groups is 1. The van der Waals surface area contributed by atoms with Crippen molar-refractivity contribution in [3.05, 3.63) is 28.4 Å². The number of hydrogen-bond donors (Lipinski definition) is 3. The number of nitrogens with zero attached hydrogens (tertiary/aromatic N) is 2. The van der Waals surface area contributed by atoms with Crippen molar-refractivity contribution >= 4 is 11.5 Å². The second-order valence-electron chi connectivity index (χ2n) is 3.64. The Bertz CT molecular complexity index is 381. The summed E-state index contributed by atoms with van der Waals surface area (Å²) < 4.78 is 0. The minimum absolute atomic E-state index is 0.0264. The van der Waals surface area contributed by atoms with Crippen molar-refractivity contribution in [1.29, 1.82) is 0 Å². The van der Waals surface area contributed by atoms with Crippen molar-refractivity contribution in [2.45, 2.75) is 12.5 Å². The lowest BCUT2D eigenvalue weighted by Crippen LogP contribution is -2.37. The zero-order valence-electron chi connectivity index (χ0n) is 8.75. The molecule has 1 rings (SSSR count). The molecule has 1 aromatic rings. The molecule has 1 unspecified atom stereocenters. The summed E-state index contributed by atoms with van der Waals surface area (Å²) in [4.78, 5) is 13.9. The minimum atomic E-state index is -1.34. The summed E-state index contributed by atoms with van der Waals surface area (Å²) in [6, 6.07) is 2.76. The molecule has 0 aromatic carbocycles. The molecule has 88 valence electrons. The van der Waals surface area contributed by atoms with E-state index in [4.69, 9.17) is 5.11 Å². The molecule has 16 heavy (non-hydrogen) atoms. The maximum absolute atomic E-state index is 10.6. The summed E-state index contributed by atoms with van der Waals surface area (Å²) in [6.07, 6.45) is 1.41. The Balaban J connectivity index is 2.78. The van der Waals surface area contributed by atoms with Crippen LogP contribution in [-0.4, -0.2) is 38.9 Å². The topological polar surface area (TPSA) is 109 Å². The van der Waals surface area contributed by atoms with E-state index in [1.165, 1.54) is 25.3 Å². The van der Waals surface area contributed by atoms with Crippen molar-refractivity contribution in [1.82, 2.24) is 4.98 Å². The molecule has 1 aromatic heterocycles. The Hall–Kier alpha value is -1.73. The average Bonchev–Trinajstić information content (AvgIpc) is 2.27. The van der Waals surface area contributed by atoms with Crippen LogP contribution >= 0.6 is 0 Å². The Kier molecular flexibility index (Phi) is 3.75. The minimum Gasteiger partial charge on any atom is -0.393 e. The van der Waals surface area contributed by atoms with Gasteiger partial charge in [0, 0.05) is 18.8 Å². The molecular formula is C9H13N3O4. The van der Waals surface area contributed by atoms with Gasteiger partial charge in [-0.2, -0.15) is 0 Å². The van der Waals surface area contributed by atoms with Gasteiger partial charge >= 0.3 is 5.69 Å². The van der Waals surface area contributed by atoms with E-state index >= 15 is 0 Å². The van der Waals surface area contributed by atoms with Gasteiger partial charge in [0.1, 0.15) is 5.60 Å². The first kappa shape index (κ1) is 12.3. The predicted molar refractivity (Wildman–Crippen MR) is 57.1 cm³/mol. The van der Waals surface area contributed by atoms with Gasteiger partial charge in [-0.05, 0) is 13.0 Å². The van der Waals surface area contributed by atoms with E-state index in [9.17, 15) is 15.2 Å². The Morgan fingerprint density at radius 3 is 2.94 bits per heavy atom. The molecule has 7 nitrogen and oxygen atoms in total. The van der Waals surface area contributed by atoms with Crippen LogP contribution in [0.3, 0.4) is 0 Å². The molecule has 0 fully saturated rings. The lowest BCUT2D eigenvalue weighted by atomic mass is 10.1. The third-order valence-corrected chi connectivity index (χ3v) is 1.96. The van der Waals surface area contributed by atoms with Gasteiger partial charge in [-0.3, -0.25) is 10.1 Å². The van der Waals surface area contributed by atoms with Crippen molar-refractivity contribution in [2.75, 3.05) is 18.5 Å². The van der Waals surface area contributed by atoms with Gasteiger partial charge in [0.2, 0.25) is 5.82 Å². The lowest BCUT2D eigenvalue weighted by molar-refractivity contribution is -0.384. The summed E-state index contributed by atoms with van der Waals surface area (Å²) in [7, 11) is 0. The quantitative estimate of drug-likeness (QED) is 0.488. The molecule has 0 amide bonds. The van der Waals surface area contributed by atoms with Crippen LogP contribution in [0.5, 0.6) is 0 Å². The summed E-state index contributed by atoms with van der Waals surface area (Å²) in [6.45, 7) is 0.941. The summed E-state index contributed by atoms with van der Waals surface area (Å²) in [5.41, 5.74) is -1.51. The highest BCUT2D eigenvalue weighted by molar-refractivity contribution is 5.55. The van der Waals surface area contributed by atoms with E-state index in [2.05, 4.69) is 10.3 Å². The normalized spacial score (nSPS) is 14.2. The Morgan fingerprint density at radius 1 is 1.69 bits per heavy atom. The van der Waals surface area contributed by atoms with Crippen molar-refractivity contribution in [3.8, 4) is 0 Å². The van der Waals surface area contributed by atoms with Crippen LogP contribution in [0.1, 0.15) is 6.92 Å².